The van der Waals surface area contributed by atoms with Gasteiger partial charge in [-0.1, -0.05) is 24.3 Å². The minimum atomic E-state index is -0.748. The average Bonchev–Trinajstić information content (AvgIpc) is 2.65. The number of aromatic nitrogens is 2. The number of benzene rings is 2. The number of hydrogen-bond acceptors (Lipinski definition) is 5. The van der Waals surface area contributed by atoms with E-state index >= 15 is 0 Å². The van der Waals surface area contributed by atoms with Gasteiger partial charge in [0.1, 0.15) is 5.56 Å². The fourth-order valence-electron chi connectivity index (χ4n) is 2.54. The maximum absolute atomic E-state index is 12.5. The summed E-state index contributed by atoms with van der Waals surface area (Å²) in [5.74, 6) is -1.37. The van der Waals surface area contributed by atoms with Crippen molar-refractivity contribution >= 4 is 28.3 Å². The van der Waals surface area contributed by atoms with Gasteiger partial charge in [0, 0.05) is 13.2 Å². The van der Waals surface area contributed by atoms with E-state index in [1.807, 2.05) is 24.3 Å². The molecule has 8 nitrogen and oxygen atoms in total. The van der Waals surface area contributed by atoms with Crippen LogP contribution in [0.4, 0.5) is 5.69 Å². The lowest BCUT2D eigenvalue weighted by atomic mass is 10.0. The number of methoxy groups -OCH3 is 1. The molecule has 1 amide bonds. The molecule has 2 aromatic carbocycles. The van der Waals surface area contributed by atoms with E-state index in [0.717, 1.165) is 21.5 Å². The molecule has 3 rings (SSSR count). The van der Waals surface area contributed by atoms with Crippen LogP contribution in [0.5, 0.6) is 0 Å². The predicted octanol–water partition coefficient (Wildman–Crippen LogP) is 1.27. The molecule has 0 saturated heterocycles. The van der Waals surface area contributed by atoms with Crippen LogP contribution >= 0.6 is 0 Å². The SMILES string of the molecule is COC(=O)c1cc2ccccc2cc1NC(=O)c1c[nH]c(=O)n(C)c1=O. The van der Waals surface area contributed by atoms with Crippen molar-refractivity contribution in [3.05, 3.63) is 74.6 Å². The fourth-order valence-corrected chi connectivity index (χ4v) is 2.54. The van der Waals surface area contributed by atoms with E-state index in [0.29, 0.717) is 0 Å². The van der Waals surface area contributed by atoms with Crippen LogP contribution in [0.15, 0.2) is 52.2 Å². The van der Waals surface area contributed by atoms with Crippen molar-refractivity contribution in [2.45, 2.75) is 0 Å². The van der Waals surface area contributed by atoms with Crippen molar-refractivity contribution in [1.82, 2.24) is 9.55 Å². The Morgan fingerprint density at radius 1 is 1.08 bits per heavy atom. The summed E-state index contributed by atoms with van der Waals surface area (Å²) in [5.41, 5.74) is -1.27. The van der Waals surface area contributed by atoms with Gasteiger partial charge in [0.05, 0.1) is 18.4 Å². The molecule has 1 aromatic heterocycles. The van der Waals surface area contributed by atoms with Gasteiger partial charge in [-0.2, -0.15) is 0 Å². The zero-order valence-electron chi connectivity index (χ0n) is 14.0. The molecule has 0 aliphatic carbocycles. The summed E-state index contributed by atoms with van der Waals surface area (Å²) in [7, 11) is 2.49. The molecule has 0 radical (unpaired) electrons. The van der Waals surface area contributed by atoms with Gasteiger partial charge in [-0.05, 0) is 22.9 Å². The Morgan fingerprint density at radius 2 is 1.73 bits per heavy atom. The Bertz CT molecular complexity index is 1140. The number of carbonyl (C=O) groups is 2. The molecule has 0 spiro atoms. The van der Waals surface area contributed by atoms with Gasteiger partial charge in [-0.3, -0.25) is 14.2 Å². The third-order valence-electron chi connectivity index (χ3n) is 3.96. The summed E-state index contributed by atoms with van der Waals surface area (Å²) in [5, 5.41) is 4.14. The van der Waals surface area contributed by atoms with E-state index in [1.165, 1.54) is 14.2 Å². The molecule has 8 heteroatoms. The van der Waals surface area contributed by atoms with E-state index in [4.69, 9.17) is 4.74 Å². The van der Waals surface area contributed by atoms with Crippen molar-refractivity contribution < 1.29 is 14.3 Å². The number of H-pyrrole nitrogens is 1. The summed E-state index contributed by atoms with van der Waals surface area (Å²) >= 11 is 0. The van der Waals surface area contributed by atoms with Crippen LogP contribution in [-0.4, -0.2) is 28.5 Å². The Kier molecular flexibility index (Phi) is 4.40. The van der Waals surface area contributed by atoms with Gasteiger partial charge in [0.2, 0.25) is 0 Å². The molecule has 0 atom stereocenters. The summed E-state index contributed by atoms with van der Waals surface area (Å²) < 4.78 is 5.56. The lowest BCUT2D eigenvalue weighted by Gasteiger charge is -2.11. The van der Waals surface area contributed by atoms with Crippen LogP contribution in [0, 0.1) is 0 Å². The molecule has 0 aliphatic heterocycles. The molecule has 0 aliphatic rings. The van der Waals surface area contributed by atoms with Crippen LogP contribution in [0.2, 0.25) is 0 Å². The van der Waals surface area contributed by atoms with Crippen molar-refractivity contribution in [2.75, 3.05) is 12.4 Å². The van der Waals surface area contributed by atoms with Crippen LogP contribution in [0.25, 0.3) is 10.8 Å². The summed E-state index contributed by atoms with van der Waals surface area (Å²) in [6.07, 6.45) is 1.04. The van der Waals surface area contributed by atoms with Gasteiger partial charge >= 0.3 is 11.7 Å². The van der Waals surface area contributed by atoms with Crippen LogP contribution in [0.3, 0.4) is 0 Å². The molecule has 0 bridgehead atoms. The van der Waals surface area contributed by atoms with E-state index in [9.17, 15) is 19.2 Å². The number of amides is 1. The second-order valence-corrected chi connectivity index (χ2v) is 5.56. The van der Waals surface area contributed by atoms with Gasteiger partial charge in [0.25, 0.3) is 11.5 Å². The van der Waals surface area contributed by atoms with Crippen molar-refractivity contribution in [3.63, 3.8) is 0 Å². The molecule has 132 valence electrons. The molecule has 0 fully saturated rings. The third kappa shape index (κ3) is 3.00. The Morgan fingerprint density at radius 3 is 2.38 bits per heavy atom. The van der Waals surface area contributed by atoms with E-state index < -0.39 is 23.1 Å². The minimum absolute atomic E-state index is 0.154. The molecule has 0 unspecified atom stereocenters. The number of nitrogens with zero attached hydrogens (tertiary/aromatic N) is 1. The summed E-state index contributed by atoms with van der Waals surface area (Å²) in [6, 6.07) is 10.5. The second-order valence-electron chi connectivity index (χ2n) is 5.56. The normalized spacial score (nSPS) is 10.5. The quantitative estimate of drug-likeness (QED) is 0.689. The monoisotopic (exact) mass is 353 g/mol. The fraction of sp³-hybridized carbons (Fsp3) is 0.111. The van der Waals surface area contributed by atoms with E-state index in [2.05, 4.69) is 10.3 Å². The van der Waals surface area contributed by atoms with Crippen molar-refractivity contribution in [1.29, 1.82) is 0 Å². The maximum Gasteiger partial charge on any atom is 0.339 e. The predicted molar refractivity (Wildman–Crippen MR) is 95.5 cm³/mol. The number of rotatable bonds is 3. The Labute approximate surface area is 147 Å². The first kappa shape index (κ1) is 17.2. The highest BCUT2D eigenvalue weighted by molar-refractivity contribution is 6.10. The van der Waals surface area contributed by atoms with Gasteiger partial charge < -0.3 is 15.0 Å². The van der Waals surface area contributed by atoms with E-state index in [1.54, 1.807) is 12.1 Å². The number of anilines is 1. The highest BCUT2D eigenvalue weighted by Crippen LogP contribution is 2.25. The largest absolute Gasteiger partial charge is 0.465 e. The van der Waals surface area contributed by atoms with Crippen molar-refractivity contribution in [3.8, 4) is 0 Å². The summed E-state index contributed by atoms with van der Waals surface area (Å²) in [4.78, 5) is 50.4. The number of aromatic amines is 1. The average molecular weight is 353 g/mol. The van der Waals surface area contributed by atoms with Gasteiger partial charge in [-0.25, -0.2) is 9.59 Å². The molecule has 1 heterocycles. The third-order valence-corrected chi connectivity index (χ3v) is 3.96. The Balaban J connectivity index is 2.09. The number of nitrogens with one attached hydrogen (secondary N) is 2. The highest BCUT2D eigenvalue weighted by Gasteiger charge is 2.18. The minimum Gasteiger partial charge on any atom is -0.465 e. The van der Waals surface area contributed by atoms with Crippen LogP contribution in [-0.2, 0) is 11.8 Å². The van der Waals surface area contributed by atoms with E-state index in [-0.39, 0.29) is 16.8 Å². The zero-order valence-corrected chi connectivity index (χ0v) is 14.0. The lowest BCUT2D eigenvalue weighted by Crippen LogP contribution is -2.37. The first-order valence-corrected chi connectivity index (χ1v) is 7.63. The maximum atomic E-state index is 12.5. The topological polar surface area (TPSA) is 110 Å². The number of hydrogen-bond donors (Lipinski definition) is 2. The number of esters is 1. The summed E-state index contributed by atoms with van der Waals surface area (Å²) in [6.45, 7) is 0. The second kappa shape index (κ2) is 6.67. The molecule has 2 N–H and O–H groups in total. The molecule has 3 aromatic rings. The van der Waals surface area contributed by atoms with Gasteiger partial charge in [0.15, 0.2) is 0 Å². The lowest BCUT2D eigenvalue weighted by molar-refractivity contribution is 0.0602. The number of fused-ring (bicyclic) bond motifs is 1. The number of carbonyl (C=O) groups excluding carboxylic acids is 2. The smallest absolute Gasteiger partial charge is 0.339 e. The molecular weight excluding hydrogens is 338 g/mol. The molecular formula is C18H15N3O5. The Hall–Kier alpha value is -3.68. The van der Waals surface area contributed by atoms with Gasteiger partial charge in [-0.15, -0.1) is 0 Å². The first-order valence-electron chi connectivity index (χ1n) is 7.63. The van der Waals surface area contributed by atoms with Crippen molar-refractivity contribution in [2.24, 2.45) is 7.05 Å². The highest BCUT2D eigenvalue weighted by atomic mass is 16.5. The molecule has 0 saturated carbocycles. The first-order chi connectivity index (χ1) is 12.4. The number of ether oxygens (including phenoxy) is 1. The zero-order chi connectivity index (χ0) is 18.8. The molecule has 26 heavy (non-hydrogen) atoms. The van der Waals surface area contributed by atoms with Crippen LogP contribution in [0.1, 0.15) is 20.7 Å². The standard InChI is InChI=1S/C18H15N3O5/c1-21-16(23)13(9-19-18(21)25)15(22)20-14-8-11-6-4-3-5-10(11)7-12(14)17(24)26-2/h3-9H,1-2H3,(H,19,25)(H,20,22). The van der Waals surface area contributed by atoms with Crippen LogP contribution < -0.4 is 16.6 Å².